The van der Waals surface area contributed by atoms with Gasteiger partial charge in [0.1, 0.15) is 0 Å². The lowest BCUT2D eigenvalue weighted by molar-refractivity contribution is -0.116. The van der Waals surface area contributed by atoms with Gasteiger partial charge in [0.05, 0.1) is 0 Å². The standard InChI is InChI=1S/C24H26N4O3/c1-16-5-7-18(8-6-16)23-27-26-22(31-23)12-11-21(29)25-20-10-9-19(15-17(20)2)24(30)28-13-3-4-14-28/h5-10,15H,3-4,11-14H2,1-2H3,(H,25,29). The average Bonchev–Trinajstić information content (AvgIpc) is 3.46. The third-order valence-corrected chi connectivity index (χ3v) is 5.47. The minimum atomic E-state index is -0.142. The van der Waals surface area contributed by atoms with Gasteiger partial charge in [0, 0.05) is 42.7 Å². The Morgan fingerprint density at radius 3 is 2.48 bits per heavy atom. The predicted molar refractivity (Wildman–Crippen MR) is 118 cm³/mol. The maximum Gasteiger partial charge on any atom is 0.253 e. The second kappa shape index (κ2) is 9.12. The summed E-state index contributed by atoms with van der Waals surface area (Å²) in [6.07, 6.45) is 2.70. The number of nitrogens with one attached hydrogen (secondary N) is 1. The first-order valence-electron chi connectivity index (χ1n) is 10.6. The Morgan fingerprint density at radius 2 is 1.77 bits per heavy atom. The van der Waals surface area contributed by atoms with Crippen molar-refractivity contribution in [1.29, 1.82) is 0 Å². The van der Waals surface area contributed by atoms with E-state index in [1.165, 1.54) is 0 Å². The Morgan fingerprint density at radius 1 is 1.03 bits per heavy atom. The molecule has 3 aromatic rings. The molecular formula is C24H26N4O3. The van der Waals surface area contributed by atoms with Gasteiger partial charge in [-0.25, -0.2) is 0 Å². The second-order valence-corrected chi connectivity index (χ2v) is 7.94. The topological polar surface area (TPSA) is 88.3 Å². The smallest absolute Gasteiger partial charge is 0.253 e. The molecule has 0 saturated carbocycles. The lowest BCUT2D eigenvalue weighted by Gasteiger charge is -2.16. The Kier molecular flexibility index (Phi) is 6.11. The second-order valence-electron chi connectivity index (χ2n) is 7.94. The van der Waals surface area contributed by atoms with Gasteiger partial charge in [-0.15, -0.1) is 10.2 Å². The Labute approximate surface area is 181 Å². The molecule has 1 fully saturated rings. The van der Waals surface area contributed by atoms with E-state index in [-0.39, 0.29) is 18.2 Å². The van der Waals surface area contributed by atoms with Crippen LogP contribution in [0.2, 0.25) is 0 Å². The van der Waals surface area contributed by atoms with Crippen LogP contribution in [-0.2, 0) is 11.2 Å². The van der Waals surface area contributed by atoms with Crippen LogP contribution in [-0.4, -0.2) is 40.0 Å². The molecule has 1 N–H and O–H groups in total. The highest BCUT2D eigenvalue weighted by molar-refractivity contribution is 5.96. The molecule has 7 heteroatoms. The van der Waals surface area contributed by atoms with E-state index >= 15 is 0 Å². The minimum absolute atomic E-state index is 0.0549. The fraction of sp³-hybridized carbons (Fsp3) is 0.333. The zero-order valence-electron chi connectivity index (χ0n) is 17.9. The Balaban J connectivity index is 1.32. The lowest BCUT2D eigenvalue weighted by Crippen LogP contribution is -2.27. The summed E-state index contributed by atoms with van der Waals surface area (Å²) in [5.41, 5.74) is 4.23. The average molecular weight is 418 g/mol. The van der Waals surface area contributed by atoms with E-state index in [1.54, 1.807) is 12.1 Å². The molecule has 1 aliphatic rings. The molecule has 4 rings (SSSR count). The fourth-order valence-electron chi connectivity index (χ4n) is 3.64. The molecular weight excluding hydrogens is 392 g/mol. The summed E-state index contributed by atoms with van der Waals surface area (Å²) in [6.45, 7) is 5.54. The van der Waals surface area contributed by atoms with E-state index < -0.39 is 0 Å². The van der Waals surface area contributed by atoms with Crippen LogP contribution >= 0.6 is 0 Å². The largest absolute Gasteiger partial charge is 0.421 e. The van der Waals surface area contributed by atoms with E-state index in [9.17, 15) is 9.59 Å². The maximum atomic E-state index is 12.5. The SMILES string of the molecule is Cc1ccc(-c2nnc(CCC(=O)Nc3ccc(C(=O)N4CCCC4)cc3C)o2)cc1. The summed E-state index contributed by atoms with van der Waals surface area (Å²) >= 11 is 0. The summed E-state index contributed by atoms with van der Waals surface area (Å²) in [5.74, 6) is 0.787. The highest BCUT2D eigenvalue weighted by Crippen LogP contribution is 2.21. The molecule has 0 aliphatic carbocycles. The van der Waals surface area contributed by atoms with E-state index in [0.717, 1.165) is 42.6 Å². The molecule has 31 heavy (non-hydrogen) atoms. The van der Waals surface area contributed by atoms with Crippen LogP contribution in [0.4, 0.5) is 5.69 Å². The molecule has 0 spiro atoms. The third-order valence-electron chi connectivity index (χ3n) is 5.47. The summed E-state index contributed by atoms with van der Waals surface area (Å²) in [7, 11) is 0. The summed E-state index contributed by atoms with van der Waals surface area (Å²) in [6, 6.07) is 13.2. The number of benzene rings is 2. The van der Waals surface area contributed by atoms with E-state index in [4.69, 9.17) is 4.42 Å². The number of aromatic nitrogens is 2. The number of aryl methyl sites for hydroxylation is 3. The van der Waals surface area contributed by atoms with Crippen LogP contribution in [0, 0.1) is 13.8 Å². The molecule has 1 aliphatic heterocycles. The monoisotopic (exact) mass is 418 g/mol. The highest BCUT2D eigenvalue weighted by Gasteiger charge is 2.20. The van der Waals surface area contributed by atoms with Crippen molar-refractivity contribution in [2.45, 2.75) is 39.5 Å². The van der Waals surface area contributed by atoms with E-state index in [2.05, 4.69) is 15.5 Å². The molecule has 0 radical (unpaired) electrons. The molecule has 1 aromatic heterocycles. The zero-order valence-corrected chi connectivity index (χ0v) is 17.9. The van der Waals surface area contributed by atoms with Crippen molar-refractivity contribution in [3.63, 3.8) is 0 Å². The number of likely N-dealkylation sites (tertiary alicyclic amines) is 1. The minimum Gasteiger partial charge on any atom is -0.421 e. The van der Waals surface area contributed by atoms with Gasteiger partial charge in [-0.2, -0.15) is 0 Å². The summed E-state index contributed by atoms with van der Waals surface area (Å²) in [5, 5.41) is 11.0. The van der Waals surface area contributed by atoms with Crippen LogP contribution in [0.25, 0.3) is 11.5 Å². The van der Waals surface area contributed by atoms with Gasteiger partial charge < -0.3 is 14.6 Å². The van der Waals surface area contributed by atoms with Crippen LogP contribution in [0.3, 0.4) is 0 Å². The summed E-state index contributed by atoms with van der Waals surface area (Å²) in [4.78, 5) is 26.8. The van der Waals surface area contributed by atoms with Gasteiger partial charge in [0.15, 0.2) is 0 Å². The number of rotatable bonds is 6. The lowest BCUT2D eigenvalue weighted by atomic mass is 10.1. The van der Waals surface area contributed by atoms with Crippen molar-refractivity contribution >= 4 is 17.5 Å². The van der Waals surface area contributed by atoms with E-state index in [1.807, 2.05) is 49.1 Å². The molecule has 0 unspecified atom stereocenters. The molecule has 2 amide bonds. The molecule has 1 saturated heterocycles. The molecule has 160 valence electrons. The van der Waals surface area contributed by atoms with Crippen molar-refractivity contribution < 1.29 is 14.0 Å². The molecule has 2 aromatic carbocycles. The highest BCUT2D eigenvalue weighted by atomic mass is 16.4. The quantitative estimate of drug-likeness (QED) is 0.649. The zero-order chi connectivity index (χ0) is 21.8. The van der Waals surface area contributed by atoms with Crippen LogP contribution < -0.4 is 5.32 Å². The first kappa shape index (κ1) is 20.8. The predicted octanol–water partition coefficient (Wildman–Crippen LogP) is 4.16. The number of amides is 2. The van der Waals surface area contributed by atoms with Crippen molar-refractivity contribution in [2.75, 3.05) is 18.4 Å². The van der Waals surface area contributed by atoms with Crippen molar-refractivity contribution in [3.8, 4) is 11.5 Å². The number of carbonyl (C=O) groups is 2. The molecule has 0 atom stereocenters. The van der Waals surface area contributed by atoms with Gasteiger partial charge in [0.25, 0.3) is 5.91 Å². The molecule has 7 nitrogen and oxygen atoms in total. The normalized spacial score (nSPS) is 13.4. The maximum absolute atomic E-state index is 12.5. The first-order valence-corrected chi connectivity index (χ1v) is 10.6. The van der Waals surface area contributed by atoms with Crippen molar-refractivity contribution in [1.82, 2.24) is 15.1 Å². The molecule has 0 bridgehead atoms. The number of hydrogen-bond acceptors (Lipinski definition) is 5. The van der Waals surface area contributed by atoms with Crippen LogP contribution in [0.15, 0.2) is 46.9 Å². The third kappa shape index (κ3) is 4.99. The van der Waals surface area contributed by atoms with Crippen molar-refractivity contribution in [3.05, 3.63) is 65.0 Å². The number of anilines is 1. The van der Waals surface area contributed by atoms with Gasteiger partial charge in [0.2, 0.25) is 17.7 Å². The van der Waals surface area contributed by atoms with Crippen LogP contribution in [0.5, 0.6) is 0 Å². The first-order chi connectivity index (χ1) is 15.0. The Bertz CT molecular complexity index is 1080. The number of hydrogen-bond donors (Lipinski definition) is 1. The number of nitrogens with zero attached hydrogens (tertiary/aromatic N) is 3. The fourth-order valence-corrected chi connectivity index (χ4v) is 3.64. The van der Waals surface area contributed by atoms with Gasteiger partial charge >= 0.3 is 0 Å². The Hall–Kier alpha value is -3.48. The van der Waals surface area contributed by atoms with Crippen LogP contribution in [0.1, 0.15) is 46.6 Å². The van der Waals surface area contributed by atoms with Gasteiger partial charge in [-0.3, -0.25) is 9.59 Å². The molecule has 2 heterocycles. The summed E-state index contributed by atoms with van der Waals surface area (Å²) < 4.78 is 5.68. The number of carbonyl (C=O) groups excluding carboxylic acids is 2. The van der Waals surface area contributed by atoms with Gasteiger partial charge in [-0.1, -0.05) is 17.7 Å². The van der Waals surface area contributed by atoms with E-state index in [0.29, 0.717) is 29.5 Å². The van der Waals surface area contributed by atoms with Crippen molar-refractivity contribution in [2.24, 2.45) is 0 Å². The van der Waals surface area contributed by atoms with Gasteiger partial charge in [-0.05, 0) is 62.6 Å².